The van der Waals surface area contributed by atoms with Gasteiger partial charge in [-0.1, -0.05) is 13.8 Å². The molecule has 1 unspecified atom stereocenters. The summed E-state index contributed by atoms with van der Waals surface area (Å²) < 4.78 is 28.4. The Bertz CT molecular complexity index is 413. The van der Waals surface area contributed by atoms with E-state index >= 15 is 0 Å². The van der Waals surface area contributed by atoms with Crippen molar-refractivity contribution in [3.8, 4) is 0 Å². The lowest BCUT2D eigenvalue weighted by Crippen LogP contribution is -2.57. The third-order valence-corrected chi connectivity index (χ3v) is 5.19. The Morgan fingerprint density at radius 3 is 2.11 bits per heavy atom. The van der Waals surface area contributed by atoms with Crippen LogP contribution in [-0.2, 0) is 15.0 Å². The first kappa shape index (κ1) is 16.4. The fraction of sp³-hybridized carbons (Fsp3) is 0.917. The van der Waals surface area contributed by atoms with E-state index in [9.17, 15) is 18.3 Å². The third-order valence-electron chi connectivity index (χ3n) is 3.47. The summed E-state index contributed by atoms with van der Waals surface area (Å²) in [5, 5.41) is 9.30. The maximum Gasteiger partial charge on any atom is 0.324 e. The van der Waals surface area contributed by atoms with Gasteiger partial charge in [0.25, 0.3) is 10.2 Å². The zero-order valence-corrected chi connectivity index (χ0v) is 12.7. The van der Waals surface area contributed by atoms with E-state index in [4.69, 9.17) is 0 Å². The van der Waals surface area contributed by atoms with Gasteiger partial charge in [0, 0.05) is 13.1 Å². The van der Waals surface area contributed by atoms with Gasteiger partial charge in [-0.25, -0.2) is 0 Å². The van der Waals surface area contributed by atoms with E-state index in [2.05, 4.69) is 4.72 Å². The highest BCUT2D eigenvalue weighted by molar-refractivity contribution is 7.87. The maximum atomic E-state index is 12.3. The summed E-state index contributed by atoms with van der Waals surface area (Å²) in [6.45, 7) is 6.07. The van der Waals surface area contributed by atoms with E-state index in [0.29, 0.717) is 25.9 Å². The Morgan fingerprint density at radius 2 is 1.79 bits per heavy atom. The van der Waals surface area contributed by atoms with Gasteiger partial charge in [-0.3, -0.25) is 4.79 Å². The zero-order chi connectivity index (χ0) is 14.7. The molecule has 0 aromatic heterocycles. The molecule has 0 bridgehead atoms. The molecule has 1 fully saturated rings. The number of carbonyl (C=O) groups is 1. The number of aliphatic carboxylic acids is 1. The maximum absolute atomic E-state index is 12.3. The molecule has 0 amide bonds. The van der Waals surface area contributed by atoms with Crippen LogP contribution in [0.15, 0.2) is 0 Å². The van der Waals surface area contributed by atoms with Gasteiger partial charge >= 0.3 is 5.97 Å². The first-order valence-electron chi connectivity index (χ1n) is 6.80. The number of nitrogens with zero attached hydrogens (tertiary/aromatic N) is 1. The van der Waals surface area contributed by atoms with Crippen molar-refractivity contribution in [3.05, 3.63) is 0 Å². The summed E-state index contributed by atoms with van der Waals surface area (Å²) in [7, 11) is -3.75. The quantitative estimate of drug-likeness (QED) is 0.668. The van der Waals surface area contributed by atoms with Gasteiger partial charge < -0.3 is 5.11 Å². The van der Waals surface area contributed by atoms with Gasteiger partial charge in [-0.15, -0.1) is 0 Å². The van der Waals surface area contributed by atoms with Crippen molar-refractivity contribution in [1.82, 2.24) is 9.03 Å². The van der Waals surface area contributed by atoms with Crippen molar-refractivity contribution < 1.29 is 18.3 Å². The minimum Gasteiger partial charge on any atom is -0.480 e. The monoisotopic (exact) mass is 292 g/mol. The average molecular weight is 292 g/mol. The van der Waals surface area contributed by atoms with E-state index in [1.54, 1.807) is 0 Å². The summed E-state index contributed by atoms with van der Waals surface area (Å²) in [4.78, 5) is 11.4. The largest absolute Gasteiger partial charge is 0.480 e. The predicted octanol–water partition coefficient (Wildman–Crippen LogP) is 1.20. The molecule has 1 rings (SSSR count). The van der Waals surface area contributed by atoms with Crippen LogP contribution in [0.4, 0.5) is 0 Å². The molecule has 0 aliphatic heterocycles. The number of hydrogen-bond acceptors (Lipinski definition) is 3. The number of rotatable bonds is 9. The summed E-state index contributed by atoms with van der Waals surface area (Å²) in [5.74, 6) is -1.21. The van der Waals surface area contributed by atoms with E-state index in [1.807, 2.05) is 13.8 Å². The lowest BCUT2D eigenvalue weighted by Gasteiger charge is -2.30. The number of carboxylic acid groups (broad SMARTS) is 1. The SMILES string of the molecule is CCCN(CCC)S(=O)(=O)NC(C)(C(=O)O)C1CC1. The molecule has 1 aliphatic carbocycles. The molecule has 1 aliphatic rings. The zero-order valence-electron chi connectivity index (χ0n) is 11.8. The second-order valence-corrected chi connectivity index (χ2v) is 6.96. The van der Waals surface area contributed by atoms with Gasteiger partial charge in [0.15, 0.2) is 0 Å². The third kappa shape index (κ3) is 3.90. The first-order chi connectivity index (χ1) is 8.78. The molecule has 0 radical (unpaired) electrons. The number of hydrogen-bond donors (Lipinski definition) is 2. The molecule has 7 heteroatoms. The van der Waals surface area contributed by atoms with Crippen molar-refractivity contribution in [2.45, 2.75) is 52.0 Å². The lowest BCUT2D eigenvalue weighted by molar-refractivity contribution is -0.144. The molecule has 1 atom stereocenters. The molecule has 0 saturated heterocycles. The average Bonchev–Trinajstić information content (AvgIpc) is 3.11. The molecule has 6 nitrogen and oxygen atoms in total. The van der Waals surface area contributed by atoms with E-state index < -0.39 is 21.7 Å². The summed E-state index contributed by atoms with van der Waals surface area (Å²) >= 11 is 0. The minimum absolute atomic E-state index is 0.107. The molecule has 112 valence electrons. The Morgan fingerprint density at radius 1 is 1.32 bits per heavy atom. The van der Waals surface area contributed by atoms with E-state index in [1.165, 1.54) is 11.2 Å². The standard InChI is InChI=1S/C12H24N2O4S/c1-4-8-14(9-5-2)19(17,18)13-12(3,11(15)16)10-6-7-10/h10,13H,4-9H2,1-3H3,(H,15,16). The smallest absolute Gasteiger partial charge is 0.324 e. The molecule has 0 heterocycles. The minimum atomic E-state index is -3.75. The normalized spacial score (nSPS) is 19.4. The Balaban J connectivity index is 2.89. The van der Waals surface area contributed by atoms with Crippen LogP contribution in [0.25, 0.3) is 0 Å². The van der Waals surface area contributed by atoms with Gasteiger partial charge in [-0.05, 0) is 38.5 Å². The Kier molecular flexibility index (Phi) is 5.34. The van der Waals surface area contributed by atoms with Crippen LogP contribution in [-0.4, -0.2) is 42.4 Å². The van der Waals surface area contributed by atoms with Gasteiger partial charge in [0.2, 0.25) is 0 Å². The van der Waals surface area contributed by atoms with Crippen LogP contribution < -0.4 is 4.72 Å². The molecule has 2 N–H and O–H groups in total. The van der Waals surface area contributed by atoms with Crippen molar-refractivity contribution >= 4 is 16.2 Å². The summed E-state index contributed by atoms with van der Waals surface area (Å²) in [6.07, 6.45) is 2.92. The molecule has 0 spiro atoms. The fourth-order valence-corrected chi connectivity index (χ4v) is 3.91. The Labute approximate surface area is 115 Å². The molecule has 19 heavy (non-hydrogen) atoms. The lowest BCUT2D eigenvalue weighted by atomic mass is 9.98. The van der Waals surface area contributed by atoms with Crippen molar-refractivity contribution in [2.75, 3.05) is 13.1 Å². The highest BCUT2D eigenvalue weighted by Gasteiger charge is 2.50. The number of nitrogens with one attached hydrogen (secondary N) is 1. The van der Waals surface area contributed by atoms with Crippen LogP contribution >= 0.6 is 0 Å². The van der Waals surface area contributed by atoms with Crippen molar-refractivity contribution in [1.29, 1.82) is 0 Å². The van der Waals surface area contributed by atoms with Crippen molar-refractivity contribution in [3.63, 3.8) is 0 Å². The molecular formula is C12H24N2O4S. The van der Waals surface area contributed by atoms with E-state index in [0.717, 1.165) is 12.8 Å². The second kappa shape index (κ2) is 6.19. The highest BCUT2D eigenvalue weighted by Crippen LogP contribution is 2.40. The van der Waals surface area contributed by atoms with Crippen LogP contribution in [0.1, 0.15) is 46.5 Å². The molecule has 1 saturated carbocycles. The summed E-state index contributed by atoms with van der Waals surface area (Å²) in [6, 6.07) is 0. The van der Waals surface area contributed by atoms with Gasteiger partial charge in [0.05, 0.1) is 0 Å². The first-order valence-corrected chi connectivity index (χ1v) is 8.24. The van der Waals surface area contributed by atoms with Crippen LogP contribution in [0.5, 0.6) is 0 Å². The summed E-state index contributed by atoms with van der Waals surface area (Å²) in [5.41, 5.74) is -1.39. The van der Waals surface area contributed by atoms with Gasteiger partial charge in [0.1, 0.15) is 5.54 Å². The van der Waals surface area contributed by atoms with Crippen molar-refractivity contribution in [2.24, 2.45) is 5.92 Å². The fourth-order valence-electron chi connectivity index (χ4n) is 2.15. The predicted molar refractivity (Wildman–Crippen MR) is 73.0 cm³/mol. The van der Waals surface area contributed by atoms with E-state index in [-0.39, 0.29) is 5.92 Å². The number of carboxylic acids is 1. The Hall–Kier alpha value is -0.660. The van der Waals surface area contributed by atoms with Crippen LogP contribution in [0.3, 0.4) is 0 Å². The van der Waals surface area contributed by atoms with Gasteiger partial charge in [-0.2, -0.15) is 17.4 Å². The second-order valence-electron chi connectivity index (χ2n) is 5.29. The molecular weight excluding hydrogens is 268 g/mol. The van der Waals surface area contributed by atoms with Crippen LogP contribution in [0, 0.1) is 5.92 Å². The molecule has 0 aromatic carbocycles. The topological polar surface area (TPSA) is 86.7 Å². The van der Waals surface area contributed by atoms with Crippen LogP contribution in [0.2, 0.25) is 0 Å². The molecule has 0 aromatic rings. The highest BCUT2D eigenvalue weighted by atomic mass is 32.2.